The normalized spacial score (nSPS) is 12.6. The summed E-state index contributed by atoms with van der Waals surface area (Å²) in [6, 6.07) is 8.18. The SMILES string of the molecule is CCCNCC(OCCCC(C)C)c1cccc(OC)c1. The van der Waals surface area contributed by atoms with Crippen LogP contribution in [0.2, 0.25) is 0 Å². The smallest absolute Gasteiger partial charge is 0.119 e. The Balaban J connectivity index is 2.57. The number of hydrogen-bond acceptors (Lipinski definition) is 3. The third kappa shape index (κ3) is 7.49. The van der Waals surface area contributed by atoms with E-state index >= 15 is 0 Å². The van der Waals surface area contributed by atoms with Gasteiger partial charge in [0.05, 0.1) is 13.2 Å². The zero-order valence-electron chi connectivity index (χ0n) is 14.0. The lowest BCUT2D eigenvalue weighted by Gasteiger charge is -2.20. The van der Waals surface area contributed by atoms with E-state index in [1.807, 2.05) is 12.1 Å². The van der Waals surface area contributed by atoms with Crippen LogP contribution in [-0.4, -0.2) is 26.8 Å². The Morgan fingerprint density at radius 2 is 2.05 bits per heavy atom. The highest BCUT2D eigenvalue weighted by atomic mass is 16.5. The minimum atomic E-state index is 0.0961. The maximum absolute atomic E-state index is 6.11. The molecule has 120 valence electrons. The predicted molar refractivity (Wildman–Crippen MR) is 88.9 cm³/mol. The number of benzene rings is 1. The monoisotopic (exact) mass is 293 g/mol. The van der Waals surface area contributed by atoms with Crippen molar-refractivity contribution in [3.63, 3.8) is 0 Å². The lowest BCUT2D eigenvalue weighted by molar-refractivity contribution is 0.0487. The summed E-state index contributed by atoms with van der Waals surface area (Å²) >= 11 is 0. The highest BCUT2D eigenvalue weighted by molar-refractivity contribution is 5.30. The van der Waals surface area contributed by atoms with E-state index < -0.39 is 0 Å². The molecule has 3 nitrogen and oxygen atoms in total. The molecule has 0 saturated heterocycles. The Morgan fingerprint density at radius 3 is 2.71 bits per heavy atom. The van der Waals surface area contributed by atoms with Gasteiger partial charge in [0, 0.05) is 13.2 Å². The fraction of sp³-hybridized carbons (Fsp3) is 0.667. The van der Waals surface area contributed by atoms with Crippen molar-refractivity contribution >= 4 is 0 Å². The molecule has 0 fully saturated rings. The zero-order valence-corrected chi connectivity index (χ0v) is 14.0. The van der Waals surface area contributed by atoms with Crippen molar-refractivity contribution in [1.29, 1.82) is 0 Å². The second-order valence-corrected chi connectivity index (χ2v) is 5.88. The van der Waals surface area contributed by atoms with Crippen molar-refractivity contribution in [3.05, 3.63) is 29.8 Å². The van der Waals surface area contributed by atoms with Gasteiger partial charge in [-0.25, -0.2) is 0 Å². The highest BCUT2D eigenvalue weighted by Gasteiger charge is 2.12. The van der Waals surface area contributed by atoms with Gasteiger partial charge in [0.2, 0.25) is 0 Å². The van der Waals surface area contributed by atoms with Crippen molar-refractivity contribution < 1.29 is 9.47 Å². The Labute approximate surface area is 130 Å². The van der Waals surface area contributed by atoms with E-state index in [1.165, 1.54) is 12.0 Å². The Hall–Kier alpha value is -1.06. The minimum Gasteiger partial charge on any atom is -0.497 e. The van der Waals surface area contributed by atoms with E-state index in [9.17, 15) is 0 Å². The number of ether oxygens (including phenoxy) is 2. The number of methoxy groups -OCH3 is 1. The summed E-state index contributed by atoms with van der Waals surface area (Å²) in [6.45, 7) is 9.37. The fourth-order valence-electron chi connectivity index (χ4n) is 2.24. The van der Waals surface area contributed by atoms with Gasteiger partial charge in [0.15, 0.2) is 0 Å². The van der Waals surface area contributed by atoms with Gasteiger partial charge in [0.25, 0.3) is 0 Å². The van der Waals surface area contributed by atoms with Crippen LogP contribution in [0.3, 0.4) is 0 Å². The van der Waals surface area contributed by atoms with Crippen molar-refractivity contribution in [2.24, 2.45) is 5.92 Å². The largest absolute Gasteiger partial charge is 0.497 e. The molecule has 0 aromatic heterocycles. The zero-order chi connectivity index (χ0) is 15.5. The second-order valence-electron chi connectivity index (χ2n) is 5.88. The first-order valence-electron chi connectivity index (χ1n) is 8.13. The standard InChI is InChI=1S/C18H31NO2/c1-5-11-19-14-18(21-12-7-8-15(2)3)16-9-6-10-17(13-16)20-4/h6,9-10,13,15,18-19H,5,7-8,11-12,14H2,1-4H3. The van der Waals surface area contributed by atoms with Gasteiger partial charge in [-0.15, -0.1) is 0 Å². The Bertz CT molecular complexity index is 379. The first-order valence-corrected chi connectivity index (χ1v) is 8.13. The van der Waals surface area contributed by atoms with Gasteiger partial charge < -0.3 is 14.8 Å². The molecular weight excluding hydrogens is 262 g/mol. The lowest BCUT2D eigenvalue weighted by atomic mass is 10.1. The number of hydrogen-bond donors (Lipinski definition) is 1. The fourth-order valence-corrected chi connectivity index (χ4v) is 2.24. The van der Waals surface area contributed by atoms with Gasteiger partial charge in [0.1, 0.15) is 5.75 Å². The molecule has 3 heteroatoms. The molecule has 0 aliphatic rings. The van der Waals surface area contributed by atoms with Crippen molar-refractivity contribution in [2.75, 3.05) is 26.8 Å². The molecule has 21 heavy (non-hydrogen) atoms. The van der Waals surface area contributed by atoms with E-state index in [1.54, 1.807) is 7.11 Å². The topological polar surface area (TPSA) is 30.5 Å². The van der Waals surface area contributed by atoms with Crippen LogP contribution >= 0.6 is 0 Å². The molecule has 0 spiro atoms. The highest BCUT2D eigenvalue weighted by Crippen LogP contribution is 2.22. The maximum Gasteiger partial charge on any atom is 0.119 e. The molecule has 0 amide bonds. The van der Waals surface area contributed by atoms with Gasteiger partial charge in [-0.2, -0.15) is 0 Å². The van der Waals surface area contributed by atoms with E-state index in [0.29, 0.717) is 0 Å². The van der Waals surface area contributed by atoms with Gasteiger partial charge in [-0.05, 0) is 49.4 Å². The maximum atomic E-state index is 6.11. The summed E-state index contributed by atoms with van der Waals surface area (Å²) in [5, 5.41) is 3.45. The summed E-state index contributed by atoms with van der Waals surface area (Å²) in [4.78, 5) is 0. The van der Waals surface area contributed by atoms with Crippen molar-refractivity contribution in [1.82, 2.24) is 5.32 Å². The number of rotatable bonds is 11. The van der Waals surface area contributed by atoms with Crippen LogP contribution in [0.1, 0.15) is 51.7 Å². The molecule has 0 bridgehead atoms. The molecular formula is C18H31NO2. The first-order chi connectivity index (χ1) is 10.2. The molecule has 1 aromatic carbocycles. The van der Waals surface area contributed by atoms with Crippen LogP contribution in [0.5, 0.6) is 5.75 Å². The molecule has 1 aromatic rings. The van der Waals surface area contributed by atoms with Crippen molar-refractivity contribution in [3.8, 4) is 5.75 Å². The predicted octanol–water partition coefficient (Wildman–Crippen LogP) is 4.19. The summed E-state index contributed by atoms with van der Waals surface area (Å²) < 4.78 is 11.4. The molecule has 0 heterocycles. The average molecular weight is 293 g/mol. The lowest BCUT2D eigenvalue weighted by Crippen LogP contribution is -2.24. The number of nitrogens with one attached hydrogen (secondary N) is 1. The molecule has 0 radical (unpaired) electrons. The minimum absolute atomic E-state index is 0.0961. The molecule has 1 rings (SSSR count). The van der Waals surface area contributed by atoms with Crippen LogP contribution in [0, 0.1) is 5.92 Å². The molecule has 0 saturated carbocycles. The molecule has 1 atom stereocenters. The Morgan fingerprint density at radius 1 is 1.24 bits per heavy atom. The van der Waals surface area contributed by atoms with Crippen LogP contribution in [0.15, 0.2) is 24.3 Å². The van der Waals surface area contributed by atoms with Crippen molar-refractivity contribution in [2.45, 2.75) is 46.1 Å². The molecule has 1 N–H and O–H groups in total. The third-order valence-electron chi connectivity index (χ3n) is 3.47. The quantitative estimate of drug-likeness (QED) is 0.621. The molecule has 0 aliphatic heterocycles. The van der Waals surface area contributed by atoms with E-state index in [4.69, 9.17) is 9.47 Å². The van der Waals surface area contributed by atoms with Crippen LogP contribution < -0.4 is 10.1 Å². The van der Waals surface area contributed by atoms with Gasteiger partial charge in [-0.3, -0.25) is 0 Å². The van der Waals surface area contributed by atoms with E-state index in [2.05, 4.69) is 38.2 Å². The summed E-state index contributed by atoms with van der Waals surface area (Å²) in [7, 11) is 1.70. The third-order valence-corrected chi connectivity index (χ3v) is 3.47. The van der Waals surface area contributed by atoms with Crippen LogP contribution in [0.4, 0.5) is 0 Å². The van der Waals surface area contributed by atoms with Gasteiger partial charge in [-0.1, -0.05) is 32.9 Å². The summed E-state index contributed by atoms with van der Waals surface area (Å²) in [5.41, 5.74) is 1.18. The van der Waals surface area contributed by atoms with Crippen LogP contribution in [0.25, 0.3) is 0 Å². The summed E-state index contributed by atoms with van der Waals surface area (Å²) in [5.74, 6) is 1.63. The second kappa shape index (κ2) is 10.6. The first kappa shape index (κ1) is 18.0. The van der Waals surface area contributed by atoms with E-state index in [0.717, 1.165) is 44.2 Å². The molecule has 0 aliphatic carbocycles. The Kier molecular flexibility index (Phi) is 9.11. The van der Waals surface area contributed by atoms with Crippen LogP contribution in [-0.2, 0) is 4.74 Å². The molecule has 1 unspecified atom stereocenters. The average Bonchev–Trinajstić information content (AvgIpc) is 2.49. The summed E-state index contributed by atoms with van der Waals surface area (Å²) in [6.07, 6.45) is 3.57. The van der Waals surface area contributed by atoms with E-state index in [-0.39, 0.29) is 6.10 Å². The van der Waals surface area contributed by atoms with Gasteiger partial charge >= 0.3 is 0 Å².